The van der Waals surface area contributed by atoms with Crippen molar-refractivity contribution in [2.45, 2.75) is 26.9 Å². The molecule has 2 aromatic rings. The topological polar surface area (TPSA) is 77.2 Å². The van der Waals surface area contributed by atoms with Crippen molar-refractivity contribution in [1.82, 2.24) is 14.8 Å². The molecule has 0 fully saturated rings. The van der Waals surface area contributed by atoms with Gasteiger partial charge in [-0.2, -0.15) is 0 Å². The van der Waals surface area contributed by atoms with Gasteiger partial charge in [0.05, 0.1) is 6.10 Å². The molecule has 110 valence electrons. The zero-order valence-corrected chi connectivity index (χ0v) is 12.1. The molecule has 0 spiro atoms. The van der Waals surface area contributed by atoms with Crippen LogP contribution in [-0.2, 0) is 4.79 Å². The molecule has 0 radical (unpaired) electrons. The summed E-state index contributed by atoms with van der Waals surface area (Å²) in [6.45, 7) is 5.90. The molecule has 0 amide bonds. The molecule has 0 aliphatic rings. The number of carbonyl (C=O) groups is 1. The maximum atomic E-state index is 10.5. The first-order chi connectivity index (χ1) is 9.94. The van der Waals surface area contributed by atoms with Gasteiger partial charge in [0.1, 0.15) is 12.1 Å². The lowest BCUT2D eigenvalue weighted by Gasteiger charge is -2.11. The van der Waals surface area contributed by atoms with Crippen LogP contribution in [0, 0.1) is 6.92 Å². The Morgan fingerprint density at radius 1 is 1.38 bits per heavy atom. The number of hydrogen-bond acceptors (Lipinski definition) is 4. The van der Waals surface area contributed by atoms with Crippen molar-refractivity contribution in [2.75, 3.05) is 0 Å². The van der Waals surface area contributed by atoms with Gasteiger partial charge < -0.3 is 9.84 Å². The van der Waals surface area contributed by atoms with Crippen LogP contribution in [0.4, 0.5) is 0 Å². The van der Waals surface area contributed by atoms with Crippen molar-refractivity contribution < 1.29 is 14.6 Å². The zero-order chi connectivity index (χ0) is 15.4. The molecule has 0 atom stereocenters. The Labute approximate surface area is 122 Å². The standard InChI is InChI=1S/C15H17N3O3/c1-10(2)21-13-7-11(3)6-12(8-13)15-16-9-18(17-15)5-4-14(19)20/h4-10H,1-3H3,(H,19,20)/b5-4-. The molecule has 0 saturated heterocycles. The van der Waals surface area contributed by atoms with Crippen molar-refractivity contribution in [3.63, 3.8) is 0 Å². The van der Waals surface area contributed by atoms with Gasteiger partial charge in [0.2, 0.25) is 0 Å². The largest absolute Gasteiger partial charge is 0.491 e. The van der Waals surface area contributed by atoms with Crippen molar-refractivity contribution in [3.8, 4) is 17.1 Å². The van der Waals surface area contributed by atoms with Gasteiger partial charge in [-0.3, -0.25) is 0 Å². The highest BCUT2D eigenvalue weighted by atomic mass is 16.5. The van der Waals surface area contributed by atoms with E-state index < -0.39 is 5.97 Å². The average Bonchev–Trinajstić information content (AvgIpc) is 2.83. The number of rotatable bonds is 5. The average molecular weight is 287 g/mol. The molecule has 6 nitrogen and oxygen atoms in total. The lowest BCUT2D eigenvalue weighted by molar-refractivity contribution is -0.131. The predicted molar refractivity (Wildman–Crippen MR) is 78.9 cm³/mol. The molecule has 1 aromatic heterocycles. The van der Waals surface area contributed by atoms with E-state index >= 15 is 0 Å². The highest BCUT2D eigenvalue weighted by molar-refractivity contribution is 5.82. The second-order valence-electron chi connectivity index (χ2n) is 4.90. The first-order valence-corrected chi connectivity index (χ1v) is 6.55. The summed E-state index contributed by atoms with van der Waals surface area (Å²) in [5.41, 5.74) is 1.87. The maximum absolute atomic E-state index is 10.5. The SMILES string of the molecule is Cc1cc(OC(C)C)cc(-c2ncn(/C=C\C(=O)O)n2)c1. The third-order valence-corrected chi connectivity index (χ3v) is 2.56. The van der Waals surface area contributed by atoms with Gasteiger partial charge in [-0.1, -0.05) is 0 Å². The van der Waals surface area contributed by atoms with Crippen LogP contribution in [0.1, 0.15) is 19.4 Å². The number of nitrogens with zero attached hydrogens (tertiary/aromatic N) is 3. The summed E-state index contributed by atoms with van der Waals surface area (Å²) >= 11 is 0. The molecular formula is C15H17N3O3. The number of aryl methyl sites for hydroxylation is 1. The molecule has 0 aliphatic carbocycles. The fraction of sp³-hybridized carbons (Fsp3) is 0.267. The van der Waals surface area contributed by atoms with Gasteiger partial charge in [0.15, 0.2) is 5.82 Å². The number of aliphatic carboxylic acids is 1. The van der Waals surface area contributed by atoms with Crippen molar-refractivity contribution in [2.24, 2.45) is 0 Å². The van der Waals surface area contributed by atoms with Gasteiger partial charge in [0, 0.05) is 17.8 Å². The highest BCUT2D eigenvalue weighted by Gasteiger charge is 2.07. The molecule has 6 heteroatoms. The monoisotopic (exact) mass is 287 g/mol. The first kappa shape index (κ1) is 14.8. The normalized spacial score (nSPS) is 11.2. The third-order valence-electron chi connectivity index (χ3n) is 2.56. The highest BCUT2D eigenvalue weighted by Crippen LogP contribution is 2.24. The number of hydrogen-bond donors (Lipinski definition) is 1. The van der Waals surface area contributed by atoms with Crippen molar-refractivity contribution in [1.29, 1.82) is 0 Å². The van der Waals surface area contributed by atoms with E-state index in [1.807, 2.05) is 39.0 Å². The minimum atomic E-state index is -1.03. The summed E-state index contributed by atoms with van der Waals surface area (Å²) in [7, 11) is 0. The molecule has 21 heavy (non-hydrogen) atoms. The molecule has 0 bridgehead atoms. The fourth-order valence-electron chi connectivity index (χ4n) is 1.84. The van der Waals surface area contributed by atoms with Crippen LogP contribution < -0.4 is 4.74 Å². The summed E-state index contributed by atoms with van der Waals surface area (Å²) in [6.07, 6.45) is 3.88. The quantitative estimate of drug-likeness (QED) is 0.855. The Bertz CT molecular complexity index is 675. The number of carboxylic acids is 1. The molecular weight excluding hydrogens is 270 g/mol. The van der Waals surface area contributed by atoms with Gasteiger partial charge in [0.25, 0.3) is 0 Å². The lowest BCUT2D eigenvalue weighted by atomic mass is 10.1. The van der Waals surface area contributed by atoms with E-state index in [0.29, 0.717) is 5.82 Å². The fourth-order valence-corrected chi connectivity index (χ4v) is 1.84. The van der Waals surface area contributed by atoms with E-state index in [-0.39, 0.29) is 6.10 Å². The van der Waals surface area contributed by atoms with E-state index in [9.17, 15) is 4.79 Å². The maximum Gasteiger partial charge on any atom is 0.329 e. The van der Waals surface area contributed by atoms with Crippen molar-refractivity contribution >= 4 is 12.2 Å². The van der Waals surface area contributed by atoms with E-state index in [4.69, 9.17) is 9.84 Å². The minimum Gasteiger partial charge on any atom is -0.491 e. The molecule has 0 aliphatic heterocycles. The van der Waals surface area contributed by atoms with Crippen LogP contribution in [-0.4, -0.2) is 31.9 Å². The Balaban J connectivity index is 2.29. The van der Waals surface area contributed by atoms with E-state index in [1.165, 1.54) is 17.2 Å². The second kappa shape index (κ2) is 6.21. The van der Waals surface area contributed by atoms with Gasteiger partial charge in [-0.15, -0.1) is 5.10 Å². The molecule has 1 aromatic carbocycles. The van der Waals surface area contributed by atoms with Crippen LogP contribution in [0.5, 0.6) is 5.75 Å². The van der Waals surface area contributed by atoms with E-state index in [0.717, 1.165) is 23.0 Å². The predicted octanol–water partition coefficient (Wildman–Crippen LogP) is 2.60. The van der Waals surface area contributed by atoms with Gasteiger partial charge >= 0.3 is 5.97 Å². The molecule has 0 unspecified atom stereocenters. The Kier molecular flexibility index (Phi) is 4.37. The van der Waals surface area contributed by atoms with E-state index in [2.05, 4.69) is 10.1 Å². The Hall–Kier alpha value is -2.63. The summed E-state index contributed by atoms with van der Waals surface area (Å²) in [5, 5.41) is 12.8. The third kappa shape index (κ3) is 4.17. The van der Waals surface area contributed by atoms with Gasteiger partial charge in [-0.25, -0.2) is 14.5 Å². The first-order valence-electron chi connectivity index (χ1n) is 6.55. The smallest absolute Gasteiger partial charge is 0.329 e. The number of aromatic nitrogens is 3. The Morgan fingerprint density at radius 2 is 2.14 bits per heavy atom. The number of carboxylic acid groups (broad SMARTS) is 1. The minimum absolute atomic E-state index is 0.0867. The van der Waals surface area contributed by atoms with Crippen LogP contribution >= 0.6 is 0 Å². The molecule has 1 N–H and O–H groups in total. The Morgan fingerprint density at radius 3 is 2.81 bits per heavy atom. The summed E-state index contributed by atoms with van der Waals surface area (Å²) in [6, 6.07) is 5.77. The summed E-state index contributed by atoms with van der Waals surface area (Å²) < 4.78 is 7.04. The van der Waals surface area contributed by atoms with Crippen LogP contribution in [0.3, 0.4) is 0 Å². The number of ether oxygens (including phenoxy) is 1. The second-order valence-corrected chi connectivity index (χ2v) is 4.90. The van der Waals surface area contributed by atoms with Crippen molar-refractivity contribution in [3.05, 3.63) is 36.2 Å². The van der Waals surface area contributed by atoms with Crippen LogP contribution in [0.25, 0.3) is 17.6 Å². The lowest BCUT2D eigenvalue weighted by Crippen LogP contribution is -2.05. The van der Waals surface area contributed by atoms with E-state index in [1.54, 1.807) is 0 Å². The van der Waals surface area contributed by atoms with Crippen LogP contribution in [0.2, 0.25) is 0 Å². The molecule has 0 saturated carbocycles. The van der Waals surface area contributed by atoms with Crippen LogP contribution in [0.15, 0.2) is 30.6 Å². The zero-order valence-electron chi connectivity index (χ0n) is 12.1. The molecule has 1 heterocycles. The van der Waals surface area contributed by atoms with Gasteiger partial charge in [-0.05, 0) is 44.5 Å². The summed E-state index contributed by atoms with van der Waals surface area (Å²) in [4.78, 5) is 14.7. The molecule has 2 rings (SSSR count). The number of benzene rings is 1. The summed E-state index contributed by atoms with van der Waals surface area (Å²) in [5.74, 6) is 0.245.